The second kappa shape index (κ2) is 7.18. The van der Waals surface area contributed by atoms with E-state index in [2.05, 4.69) is 10.6 Å². The summed E-state index contributed by atoms with van der Waals surface area (Å²) in [6, 6.07) is 13.5. The van der Waals surface area contributed by atoms with Crippen molar-refractivity contribution in [3.63, 3.8) is 0 Å². The molecule has 2 atom stereocenters. The molecule has 2 N–H and O–H groups in total. The van der Waals surface area contributed by atoms with Crippen molar-refractivity contribution in [1.82, 2.24) is 5.32 Å². The Labute approximate surface area is 130 Å². The lowest BCUT2D eigenvalue weighted by Crippen LogP contribution is -2.39. The monoisotopic (exact) mass is 300 g/mol. The standard InChI is InChI=1S/C18H21FN2O/c1-12-4-10-17(11-5-12)21-18(22)14(3)20-13(2)15-6-8-16(19)9-7-15/h4-11,13-14,20H,1-3H3,(H,21,22)/t13-,14+/m0/s1. The number of carbonyl (C=O) groups is 1. The zero-order valence-electron chi connectivity index (χ0n) is 13.1. The Kier molecular flexibility index (Phi) is 5.28. The van der Waals surface area contributed by atoms with Gasteiger partial charge >= 0.3 is 0 Å². The summed E-state index contributed by atoms with van der Waals surface area (Å²) in [5.41, 5.74) is 2.86. The number of benzene rings is 2. The lowest BCUT2D eigenvalue weighted by Gasteiger charge is -2.20. The van der Waals surface area contributed by atoms with E-state index in [-0.39, 0.29) is 23.8 Å². The normalized spacial score (nSPS) is 13.5. The van der Waals surface area contributed by atoms with Crippen molar-refractivity contribution in [3.8, 4) is 0 Å². The lowest BCUT2D eigenvalue weighted by atomic mass is 10.1. The molecule has 4 heteroatoms. The van der Waals surface area contributed by atoms with Gasteiger partial charge < -0.3 is 5.32 Å². The third-order valence-electron chi connectivity index (χ3n) is 3.58. The molecule has 0 aliphatic heterocycles. The minimum Gasteiger partial charge on any atom is -0.325 e. The van der Waals surface area contributed by atoms with Gasteiger partial charge in [-0.05, 0) is 50.6 Å². The molecule has 22 heavy (non-hydrogen) atoms. The van der Waals surface area contributed by atoms with Gasteiger partial charge in [-0.2, -0.15) is 0 Å². The van der Waals surface area contributed by atoms with Gasteiger partial charge in [0.15, 0.2) is 0 Å². The molecule has 0 aliphatic rings. The Bertz CT molecular complexity index is 623. The van der Waals surface area contributed by atoms with Crippen LogP contribution in [-0.4, -0.2) is 11.9 Å². The van der Waals surface area contributed by atoms with Gasteiger partial charge in [-0.15, -0.1) is 0 Å². The first-order valence-electron chi connectivity index (χ1n) is 7.35. The summed E-state index contributed by atoms with van der Waals surface area (Å²) < 4.78 is 12.9. The SMILES string of the molecule is Cc1ccc(NC(=O)[C@@H](C)N[C@@H](C)c2ccc(F)cc2)cc1. The number of halogens is 1. The maximum Gasteiger partial charge on any atom is 0.241 e. The molecule has 0 saturated heterocycles. The van der Waals surface area contributed by atoms with E-state index in [1.807, 2.05) is 45.0 Å². The fourth-order valence-electron chi connectivity index (χ4n) is 2.19. The van der Waals surface area contributed by atoms with E-state index in [1.165, 1.54) is 12.1 Å². The van der Waals surface area contributed by atoms with Gasteiger partial charge in [0.05, 0.1) is 6.04 Å². The second-order valence-corrected chi connectivity index (χ2v) is 5.52. The lowest BCUT2D eigenvalue weighted by molar-refractivity contribution is -0.117. The van der Waals surface area contributed by atoms with E-state index in [9.17, 15) is 9.18 Å². The van der Waals surface area contributed by atoms with E-state index in [4.69, 9.17) is 0 Å². The fraction of sp³-hybridized carbons (Fsp3) is 0.278. The summed E-state index contributed by atoms with van der Waals surface area (Å²) in [6.45, 7) is 5.76. The number of anilines is 1. The van der Waals surface area contributed by atoms with Gasteiger partial charge in [-0.25, -0.2) is 4.39 Å². The van der Waals surface area contributed by atoms with E-state index in [1.54, 1.807) is 12.1 Å². The number of amides is 1. The molecule has 1 amide bonds. The molecule has 0 heterocycles. The van der Waals surface area contributed by atoms with Crippen molar-refractivity contribution in [2.24, 2.45) is 0 Å². The van der Waals surface area contributed by atoms with Crippen LogP contribution in [0.3, 0.4) is 0 Å². The topological polar surface area (TPSA) is 41.1 Å². The number of aryl methyl sites for hydroxylation is 1. The highest BCUT2D eigenvalue weighted by Crippen LogP contribution is 2.14. The van der Waals surface area contributed by atoms with Crippen molar-refractivity contribution in [1.29, 1.82) is 0 Å². The Morgan fingerprint density at radius 1 is 1.00 bits per heavy atom. The molecule has 0 bridgehead atoms. The average molecular weight is 300 g/mol. The predicted molar refractivity (Wildman–Crippen MR) is 87.2 cm³/mol. The molecule has 0 unspecified atom stereocenters. The molecule has 0 fully saturated rings. The van der Waals surface area contributed by atoms with Crippen molar-refractivity contribution >= 4 is 11.6 Å². The third kappa shape index (κ3) is 4.40. The van der Waals surface area contributed by atoms with Crippen LogP contribution in [0.2, 0.25) is 0 Å². The highest BCUT2D eigenvalue weighted by atomic mass is 19.1. The molecule has 2 aromatic carbocycles. The van der Waals surface area contributed by atoms with Gasteiger partial charge in [-0.1, -0.05) is 29.8 Å². The molecule has 0 aromatic heterocycles. The first-order valence-corrected chi connectivity index (χ1v) is 7.35. The summed E-state index contributed by atoms with van der Waals surface area (Å²) >= 11 is 0. The summed E-state index contributed by atoms with van der Waals surface area (Å²) in [5, 5.41) is 6.09. The number of hydrogen-bond donors (Lipinski definition) is 2. The molecule has 3 nitrogen and oxygen atoms in total. The Morgan fingerprint density at radius 3 is 2.18 bits per heavy atom. The summed E-state index contributed by atoms with van der Waals surface area (Å²) in [5.74, 6) is -0.362. The van der Waals surface area contributed by atoms with E-state index >= 15 is 0 Å². The second-order valence-electron chi connectivity index (χ2n) is 5.52. The molecule has 116 valence electrons. The van der Waals surface area contributed by atoms with Gasteiger partial charge in [0.2, 0.25) is 5.91 Å². The van der Waals surface area contributed by atoms with Crippen molar-refractivity contribution < 1.29 is 9.18 Å². The Balaban J connectivity index is 1.93. The molecule has 0 spiro atoms. The predicted octanol–water partition coefficient (Wildman–Crippen LogP) is 3.81. The van der Waals surface area contributed by atoms with E-state index < -0.39 is 0 Å². The van der Waals surface area contributed by atoms with Crippen LogP contribution in [0.15, 0.2) is 48.5 Å². The molecule has 0 saturated carbocycles. The number of nitrogens with one attached hydrogen (secondary N) is 2. The molecule has 2 rings (SSSR count). The summed E-state index contributed by atoms with van der Waals surface area (Å²) in [7, 11) is 0. The zero-order valence-corrected chi connectivity index (χ0v) is 13.1. The molecule has 2 aromatic rings. The maximum absolute atomic E-state index is 12.9. The van der Waals surface area contributed by atoms with Crippen LogP contribution in [-0.2, 0) is 4.79 Å². The summed E-state index contributed by atoms with van der Waals surface area (Å²) in [6.07, 6.45) is 0. The minimum absolute atomic E-state index is 0.0423. The number of hydrogen-bond acceptors (Lipinski definition) is 2. The van der Waals surface area contributed by atoms with Gasteiger partial charge in [0, 0.05) is 11.7 Å². The van der Waals surface area contributed by atoms with Crippen LogP contribution < -0.4 is 10.6 Å². The molecule has 0 radical (unpaired) electrons. The van der Waals surface area contributed by atoms with Crippen LogP contribution in [0.1, 0.15) is 31.0 Å². The number of carbonyl (C=O) groups excluding carboxylic acids is 1. The van der Waals surface area contributed by atoms with Crippen molar-refractivity contribution in [3.05, 3.63) is 65.5 Å². The average Bonchev–Trinajstić information content (AvgIpc) is 2.50. The first-order chi connectivity index (χ1) is 10.5. The molecular formula is C18H21FN2O. The van der Waals surface area contributed by atoms with E-state index in [0.717, 1.165) is 16.8 Å². The maximum atomic E-state index is 12.9. The quantitative estimate of drug-likeness (QED) is 0.881. The first kappa shape index (κ1) is 16.2. The van der Waals surface area contributed by atoms with Gasteiger partial charge in [0.1, 0.15) is 5.82 Å². The van der Waals surface area contributed by atoms with Crippen LogP contribution in [0.25, 0.3) is 0 Å². The molecule has 0 aliphatic carbocycles. The van der Waals surface area contributed by atoms with Gasteiger partial charge in [0.25, 0.3) is 0 Å². The highest BCUT2D eigenvalue weighted by Gasteiger charge is 2.16. The van der Waals surface area contributed by atoms with Crippen LogP contribution >= 0.6 is 0 Å². The van der Waals surface area contributed by atoms with Crippen LogP contribution in [0.5, 0.6) is 0 Å². The fourth-order valence-corrected chi connectivity index (χ4v) is 2.19. The molecular weight excluding hydrogens is 279 g/mol. The van der Waals surface area contributed by atoms with Gasteiger partial charge in [-0.3, -0.25) is 10.1 Å². The third-order valence-corrected chi connectivity index (χ3v) is 3.58. The minimum atomic E-state index is -0.360. The zero-order chi connectivity index (χ0) is 16.1. The summed E-state index contributed by atoms with van der Waals surface area (Å²) in [4.78, 5) is 12.2. The van der Waals surface area contributed by atoms with Crippen molar-refractivity contribution in [2.75, 3.05) is 5.32 Å². The Morgan fingerprint density at radius 2 is 1.59 bits per heavy atom. The van der Waals surface area contributed by atoms with Crippen LogP contribution in [0, 0.1) is 12.7 Å². The van der Waals surface area contributed by atoms with Crippen molar-refractivity contribution in [2.45, 2.75) is 32.9 Å². The van der Waals surface area contributed by atoms with E-state index in [0.29, 0.717) is 0 Å². The largest absolute Gasteiger partial charge is 0.325 e. The smallest absolute Gasteiger partial charge is 0.241 e. The highest BCUT2D eigenvalue weighted by molar-refractivity contribution is 5.94. The number of rotatable bonds is 5. The Hall–Kier alpha value is -2.20. The van der Waals surface area contributed by atoms with Crippen LogP contribution in [0.4, 0.5) is 10.1 Å².